The Morgan fingerprint density at radius 2 is 1.63 bits per heavy atom. The van der Waals surface area contributed by atoms with Gasteiger partial charge in [-0.15, -0.1) is 0 Å². The molecular weight excluding hydrogens is 388 g/mol. The molecular formula is C21H16Cl2FNO2. The van der Waals surface area contributed by atoms with Crippen molar-refractivity contribution in [2.45, 2.75) is 12.2 Å². The first-order chi connectivity index (χ1) is 13.0. The fourth-order valence-electron chi connectivity index (χ4n) is 3.18. The zero-order valence-electron chi connectivity index (χ0n) is 14.2. The van der Waals surface area contributed by atoms with Crippen LogP contribution < -0.4 is 15.2 Å². The fraction of sp³-hybridized carbons (Fsp3) is 0.143. The van der Waals surface area contributed by atoms with Crippen LogP contribution in [-0.2, 0) is 12.2 Å². The van der Waals surface area contributed by atoms with E-state index in [1.165, 1.54) is 12.1 Å². The Morgan fingerprint density at radius 3 is 2.33 bits per heavy atom. The maximum atomic E-state index is 13.5. The van der Waals surface area contributed by atoms with Crippen molar-refractivity contribution < 1.29 is 13.9 Å². The number of hydrogen-bond acceptors (Lipinski definition) is 3. The van der Waals surface area contributed by atoms with Gasteiger partial charge >= 0.3 is 5.79 Å². The first kappa shape index (κ1) is 18.1. The van der Waals surface area contributed by atoms with Crippen molar-refractivity contribution in [3.63, 3.8) is 0 Å². The Morgan fingerprint density at radius 1 is 0.889 bits per heavy atom. The van der Waals surface area contributed by atoms with Crippen molar-refractivity contribution in [3.8, 4) is 11.5 Å². The molecule has 0 aromatic heterocycles. The second-order valence-corrected chi connectivity index (χ2v) is 7.12. The zero-order valence-corrected chi connectivity index (χ0v) is 15.7. The number of fused-ring (bicyclic) bond motifs is 1. The summed E-state index contributed by atoms with van der Waals surface area (Å²) < 4.78 is 26.1. The summed E-state index contributed by atoms with van der Waals surface area (Å²) in [6, 6.07) is 16.7. The molecule has 3 nitrogen and oxygen atoms in total. The molecule has 0 bridgehead atoms. The van der Waals surface area contributed by atoms with Gasteiger partial charge in [0, 0.05) is 10.6 Å². The van der Waals surface area contributed by atoms with Gasteiger partial charge < -0.3 is 15.2 Å². The molecule has 0 saturated heterocycles. The minimum absolute atomic E-state index is 0.350. The van der Waals surface area contributed by atoms with E-state index < -0.39 is 5.79 Å². The van der Waals surface area contributed by atoms with Crippen LogP contribution >= 0.6 is 23.2 Å². The molecule has 1 aliphatic rings. The largest absolute Gasteiger partial charge is 0.440 e. The minimum atomic E-state index is -1.33. The monoisotopic (exact) mass is 403 g/mol. The minimum Gasteiger partial charge on any atom is -0.440 e. The van der Waals surface area contributed by atoms with Crippen molar-refractivity contribution >= 4 is 23.2 Å². The summed E-state index contributed by atoms with van der Waals surface area (Å²) in [4.78, 5) is 0. The Bertz CT molecular complexity index is 994. The summed E-state index contributed by atoms with van der Waals surface area (Å²) >= 11 is 12.5. The van der Waals surface area contributed by atoms with E-state index in [0.717, 1.165) is 12.0 Å². The molecule has 1 unspecified atom stereocenters. The van der Waals surface area contributed by atoms with Crippen LogP contribution in [0.15, 0.2) is 60.7 Å². The fourth-order valence-corrected chi connectivity index (χ4v) is 3.71. The van der Waals surface area contributed by atoms with E-state index >= 15 is 0 Å². The van der Waals surface area contributed by atoms with Crippen LogP contribution in [0.5, 0.6) is 11.5 Å². The number of rotatable bonds is 4. The van der Waals surface area contributed by atoms with E-state index in [-0.39, 0.29) is 5.82 Å². The van der Waals surface area contributed by atoms with Gasteiger partial charge in [-0.25, -0.2) is 4.39 Å². The molecule has 0 fully saturated rings. The van der Waals surface area contributed by atoms with E-state index in [1.807, 2.05) is 18.2 Å². The third-order valence-electron chi connectivity index (χ3n) is 4.46. The zero-order chi connectivity index (χ0) is 19.0. The van der Waals surface area contributed by atoms with Crippen LogP contribution in [-0.4, -0.2) is 6.54 Å². The Kier molecular flexibility index (Phi) is 4.72. The lowest BCUT2D eigenvalue weighted by Crippen LogP contribution is -2.37. The molecule has 0 radical (unpaired) electrons. The van der Waals surface area contributed by atoms with Gasteiger partial charge in [-0.3, -0.25) is 0 Å². The quantitative estimate of drug-likeness (QED) is 0.641. The van der Waals surface area contributed by atoms with Crippen molar-refractivity contribution in [3.05, 3.63) is 93.2 Å². The van der Waals surface area contributed by atoms with E-state index in [0.29, 0.717) is 39.2 Å². The highest BCUT2D eigenvalue weighted by atomic mass is 35.5. The molecule has 3 aromatic carbocycles. The first-order valence-corrected chi connectivity index (χ1v) is 9.20. The molecule has 0 saturated carbocycles. The normalized spacial score (nSPS) is 17.9. The van der Waals surface area contributed by atoms with Gasteiger partial charge in [0.25, 0.3) is 0 Å². The third kappa shape index (κ3) is 3.25. The maximum Gasteiger partial charge on any atom is 0.307 e. The lowest BCUT2D eigenvalue weighted by Gasteiger charge is -2.29. The predicted octanol–water partition coefficient (Wildman–Crippen LogP) is 5.31. The molecule has 0 aliphatic carbocycles. The summed E-state index contributed by atoms with van der Waals surface area (Å²) in [7, 11) is 0. The Balaban J connectivity index is 1.86. The van der Waals surface area contributed by atoms with Gasteiger partial charge in [-0.05, 0) is 73.1 Å². The third-order valence-corrected chi connectivity index (χ3v) is 5.01. The topological polar surface area (TPSA) is 44.5 Å². The van der Waals surface area contributed by atoms with Gasteiger partial charge in [0.15, 0.2) is 11.5 Å². The first-order valence-electron chi connectivity index (χ1n) is 8.44. The molecule has 3 aromatic rings. The smallest absolute Gasteiger partial charge is 0.307 e. The van der Waals surface area contributed by atoms with Crippen LogP contribution in [0, 0.1) is 5.82 Å². The lowest BCUT2D eigenvalue weighted by atomic mass is 9.97. The molecule has 4 rings (SSSR count). The van der Waals surface area contributed by atoms with E-state index in [9.17, 15) is 4.39 Å². The molecule has 0 spiro atoms. The Hall–Kier alpha value is -2.27. The number of halogens is 3. The molecule has 6 heteroatoms. The van der Waals surface area contributed by atoms with E-state index in [1.54, 1.807) is 30.3 Å². The SMILES string of the molecule is NCCc1ccc2c(c1)OC(c1ccc(F)cc1)(c1ccc(Cl)cc1Cl)O2. The summed E-state index contributed by atoms with van der Waals surface area (Å²) in [5.74, 6) is -0.529. The highest BCUT2D eigenvalue weighted by molar-refractivity contribution is 6.35. The van der Waals surface area contributed by atoms with Crippen LogP contribution in [0.2, 0.25) is 10.0 Å². The molecule has 138 valence electrons. The van der Waals surface area contributed by atoms with E-state index in [4.69, 9.17) is 38.4 Å². The van der Waals surface area contributed by atoms with Gasteiger partial charge in [0.1, 0.15) is 5.82 Å². The highest BCUT2D eigenvalue weighted by Gasteiger charge is 2.47. The summed E-state index contributed by atoms with van der Waals surface area (Å²) in [5, 5.41) is 0.889. The van der Waals surface area contributed by atoms with Gasteiger partial charge in [-0.2, -0.15) is 0 Å². The number of hydrogen-bond donors (Lipinski definition) is 1. The molecule has 1 atom stereocenters. The molecule has 2 N–H and O–H groups in total. The highest BCUT2D eigenvalue weighted by Crippen LogP contribution is 2.49. The van der Waals surface area contributed by atoms with Crippen molar-refractivity contribution in [1.82, 2.24) is 0 Å². The molecule has 0 amide bonds. The summed E-state index contributed by atoms with van der Waals surface area (Å²) in [6.07, 6.45) is 0.724. The number of benzene rings is 3. The van der Waals surface area contributed by atoms with Crippen LogP contribution in [0.4, 0.5) is 4.39 Å². The van der Waals surface area contributed by atoms with Crippen molar-refractivity contribution in [2.24, 2.45) is 5.73 Å². The Labute approximate surface area is 166 Å². The number of nitrogens with two attached hydrogens (primary N) is 1. The second-order valence-electron chi connectivity index (χ2n) is 6.27. The average molecular weight is 404 g/mol. The molecule has 1 heterocycles. The van der Waals surface area contributed by atoms with Crippen LogP contribution in [0.3, 0.4) is 0 Å². The van der Waals surface area contributed by atoms with Gasteiger partial charge in [-0.1, -0.05) is 29.3 Å². The summed E-state index contributed by atoms with van der Waals surface area (Å²) in [5.41, 5.74) is 7.89. The van der Waals surface area contributed by atoms with Crippen molar-refractivity contribution in [2.75, 3.05) is 6.54 Å². The predicted molar refractivity (Wildman–Crippen MR) is 104 cm³/mol. The lowest BCUT2D eigenvalue weighted by molar-refractivity contribution is -0.0458. The molecule has 27 heavy (non-hydrogen) atoms. The van der Waals surface area contributed by atoms with Gasteiger partial charge in [0.2, 0.25) is 0 Å². The van der Waals surface area contributed by atoms with Gasteiger partial charge in [0.05, 0.1) is 10.6 Å². The maximum absolute atomic E-state index is 13.5. The standard InChI is InChI=1S/C21H16Cl2FNO2/c22-15-4-7-17(18(23)12-15)21(14-2-5-16(24)6-3-14)26-19-8-1-13(9-10-25)11-20(19)27-21/h1-8,11-12H,9-10,25H2. The van der Waals surface area contributed by atoms with E-state index in [2.05, 4.69) is 0 Å². The average Bonchev–Trinajstić information content (AvgIpc) is 3.02. The van der Waals surface area contributed by atoms with Crippen molar-refractivity contribution in [1.29, 1.82) is 0 Å². The molecule has 1 aliphatic heterocycles. The van der Waals surface area contributed by atoms with Crippen LogP contribution in [0.1, 0.15) is 16.7 Å². The summed E-state index contributed by atoms with van der Waals surface area (Å²) in [6.45, 7) is 0.533. The second kappa shape index (κ2) is 7.04. The number of ether oxygens (including phenoxy) is 2. The van der Waals surface area contributed by atoms with Crippen LogP contribution in [0.25, 0.3) is 0 Å².